The number of halogens is 3. The van der Waals surface area contributed by atoms with Gasteiger partial charge in [-0.05, 0) is 12.1 Å². The molecule has 0 amide bonds. The topological polar surface area (TPSA) is 60.4 Å². The molecule has 0 saturated carbocycles. The molecule has 1 heterocycles. The number of fused-ring (bicyclic) bond motifs is 1. The van der Waals surface area contributed by atoms with Crippen molar-refractivity contribution in [2.75, 3.05) is 0 Å². The van der Waals surface area contributed by atoms with Crippen LogP contribution in [0.2, 0.25) is 0 Å². The van der Waals surface area contributed by atoms with Gasteiger partial charge in [0, 0.05) is 0 Å². The van der Waals surface area contributed by atoms with Gasteiger partial charge in [-0.3, -0.25) is 0 Å². The third kappa shape index (κ3) is 1.45. The minimum absolute atomic E-state index is 0.582. The second kappa shape index (κ2) is 2.97. The lowest BCUT2D eigenvalue weighted by molar-refractivity contribution is -0.139. The Balaban J connectivity index is 2.84. The van der Waals surface area contributed by atoms with Gasteiger partial charge >= 0.3 is 22.3 Å². The van der Waals surface area contributed by atoms with Crippen LogP contribution in [0.25, 0.3) is 0 Å². The number of benzene rings is 1. The maximum Gasteiger partial charge on any atom is 0.417 e. The number of alkyl halides is 3. The summed E-state index contributed by atoms with van der Waals surface area (Å²) in [4.78, 5) is 9.89. The van der Waals surface area contributed by atoms with Crippen LogP contribution in [0.4, 0.5) is 13.2 Å². The smallest absolute Gasteiger partial charge is 0.338 e. The monoisotopic (exact) mass is 252 g/mol. The molecule has 0 aromatic heterocycles. The van der Waals surface area contributed by atoms with Crippen LogP contribution < -0.4 is 0 Å². The zero-order valence-electron chi connectivity index (χ0n) is 7.41. The molecule has 86 valence electrons. The highest BCUT2D eigenvalue weighted by Crippen LogP contribution is 2.39. The average molecular weight is 252 g/mol. The molecule has 0 fully saturated rings. The molecule has 0 unspecified atom stereocenters. The van der Waals surface area contributed by atoms with E-state index in [-0.39, 0.29) is 0 Å². The second-order valence-electron chi connectivity index (χ2n) is 3.00. The van der Waals surface area contributed by atoms with E-state index in [1.54, 1.807) is 0 Å². The van der Waals surface area contributed by atoms with E-state index in [1.165, 1.54) is 0 Å². The number of rotatable bonds is 0. The van der Waals surface area contributed by atoms with Gasteiger partial charge in [0.2, 0.25) is 0 Å². The first-order valence-corrected chi connectivity index (χ1v) is 5.33. The summed E-state index contributed by atoms with van der Waals surface area (Å²) in [6.07, 6.45) is -4.85. The Kier molecular flexibility index (Phi) is 2.03. The van der Waals surface area contributed by atoms with Gasteiger partial charge in [-0.2, -0.15) is 21.6 Å². The van der Waals surface area contributed by atoms with Gasteiger partial charge < -0.3 is 4.18 Å². The molecule has 2 rings (SSSR count). The molecule has 0 bridgehead atoms. The Hall–Kier alpha value is -1.57. The SMILES string of the molecule is O=C1OS(=O)(=O)c2c1cccc2C(F)(F)F. The van der Waals surface area contributed by atoms with Crippen molar-refractivity contribution in [3.8, 4) is 0 Å². The van der Waals surface area contributed by atoms with Crippen molar-refractivity contribution in [2.45, 2.75) is 11.1 Å². The van der Waals surface area contributed by atoms with Crippen LogP contribution >= 0.6 is 0 Å². The Morgan fingerprint density at radius 3 is 2.38 bits per heavy atom. The van der Waals surface area contributed by atoms with Crippen LogP contribution in [-0.2, 0) is 20.5 Å². The summed E-state index contributed by atoms with van der Waals surface area (Å²) in [7, 11) is -4.64. The van der Waals surface area contributed by atoms with Gasteiger partial charge in [-0.15, -0.1) is 0 Å². The highest BCUT2D eigenvalue weighted by molar-refractivity contribution is 7.87. The fourth-order valence-electron chi connectivity index (χ4n) is 1.38. The van der Waals surface area contributed by atoms with E-state index in [0.717, 1.165) is 12.1 Å². The summed E-state index contributed by atoms with van der Waals surface area (Å²) in [5, 5.41) is 0. The molecule has 1 aromatic rings. The largest absolute Gasteiger partial charge is 0.417 e. The zero-order chi connectivity index (χ0) is 12.1. The molecule has 1 aromatic carbocycles. The Morgan fingerprint density at radius 1 is 1.19 bits per heavy atom. The number of carbonyl (C=O) groups is 1. The molecule has 0 atom stereocenters. The lowest BCUT2D eigenvalue weighted by Crippen LogP contribution is -2.11. The summed E-state index contributed by atoms with van der Waals surface area (Å²) in [5.41, 5.74) is -1.98. The lowest BCUT2D eigenvalue weighted by atomic mass is 10.1. The van der Waals surface area contributed by atoms with Crippen molar-refractivity contribution < 1.29 is 30.6 Å². The van der Waals surface area contributed by atoms with Crippen LogP contribution in [0.3, 0.4) is 0 Å². The van der Waals surface area contributed by atoms with Crippen molar-refractivity contribution in [1.82, 2.24) is 0 Å². The fourth-order valence-corrected chi connectivity index (χ4v) is 2.62. The van der Waals surface area contributed by atoms with Crippen molar-refractivity contribution in [2.24, 2.45) is 0 Å². The summed E-state index contributed by atoms with van der Waals surface area (Å²) in [5.74, 6) is -1.29. The van der Waals surface area contributed by atoms with E-state index in [0.29, 0.717) is 6.07 Å². The summed E-state index contributed by atoms with van der Waals surface area (Å²) in [6, 6.07) is 2.50. The summed E-state index contributed by atoms with van der Waals surface area (Å²) >= 11 is 0. The average Bonchev–Trinajstić information content (AvgIpc) is 2.36. The van der Waals surface area contributed by atoms with Crippen molar-refractivity contribution in [3.05, 3.63) is 29.3 Å². The van der Waals surface area contributed by atoms with Crippen molar-refractivity contribution >= 4 is 16.1 Å². The molecule has 0 radical (unpaired) electrons. The van der Waals surface area contributed by atoms with Gasteiger partial charge in [0.05, 0.1) is 11.1 Å². The number of hydrogen-bond acceptors (Lipinski definition) is 4. The first kappa shape index (κ1) is 10.9. The third-order valence-corrected chi connectivity index (χ3v) is 3.29. The molecule has 8 heteroatoms. The minimum Gasteiger partial charge on any atom is -0.338 e. The summed E-state index contributed by atoms with van der Waals surface area (Å²) < 4.78 is 63.7. The maximum atomic E-state index is 12.5. The first-order valence-electron chi connectivity index (χ1n) is 3.92. The van der Waals surface area contributed by atoms with E-state index < -0.39 is 38.3 Å². The third-order valence-electron chi connectivity index (χ3n) is 1.98. The Bertz CT molecular complexity index is 573. The highest BCUT2D eigenvalue weighted by atomic mass is 32.2. The van der Waals surface area contributed by atoms with Crippen LogP contribution in [0.5, 0.6) is 0 Å². The molecule has 0 aliphatic carbocycles. The van der Waals surface area contributed by atoms with Crippen molar-refractivity contribution in [1.29, 1.82) is 0 Å². The zero-order valence-corrected chi connectivity index (χ0v) is 8.22. The van der Waals surface area contributed by atoms with Gasteiger partial charge in [0.25, 0.3) is 0 Å². The molecule has 1 aliphatic rings. The predicted octanol–water partition coefficient (Wildman–Crippen LogP) is 1.56. The van der Waals surface area contributed by atoms with E-state index in [9.17, 15) is 26.4 Å². The molecule has 0 spiro atoms. The van der Waals surface area contributed by atoms with Gasteiger partial charge in [-0.25, -0.2) is 4.79 Å². The fraction of sp³-hybridized carbons (Fsp3) is 0.125. The first-order chi connectivity index (χ1) is 7.23. The molecule has 1 aliphatic heterocycles. The van der Waals surface area contributed by atoms with Crippen LogP contribution in [0.15, 0.2) is 23.1 Å². The second-order valence-corrected chi connectivity index (χ2v) is 4.49. The number of carbonyl (C=O) groups excluding carboxylic acids is 1. The lowest BCUT2D eigenvalue weighted by Gasteiger charge is -2.08. The molecule has 0 saturated heterocycles. The minimum atomic E-state index is -4.85. The molecule has 0 N–H and O–H groups in total. The standard InChI is InChI=1S/C8H3F3O4S/c9-8(10,11)5-3-1-2-4-6(5)16(13,14)15-7(4)12/h1-3H. The van der Waals surface area contributed by atoms with Gasteiger partial charge in [-0.1, -0.05) is 6.07 Å². The maximum absolute atomic E-state index is 12.5. The van der Waals surface area contributed by atoms with Crippen LogP contribution in [-0.4, -0.2) is 14.4 Å². The summed E-state index contributed by atoms with van der Waals surface area (Å²) in [6.45, 7) is 0. The number of hydrogen-bond donors (Lipinski definition) is 0. The Labute approximate surface area is 87.8 Å². The highest BCUT2D eigenvalue weighted by Gasteiger charge is 2.45. The molecular formula is C8H3F3O4S. The van der Waals surface area contributed by atoms with Crippen molar-refractivity contribution in [3.63, 3.8) is 0 Å². The van der Waals surface area contributed by atoms with Gasteiger partial charge in [0.15, 0.2) is 0 Å². The van der Waals surface area contributed by atoms with Crippen LogP contribution in [0, 0.1) is 0 Å². The van der Waals surface area contributed by atoms with E-state index in [1.807, 2.05) is 0 Å². The van der Waals surface area contributed by atoms with E-state index in [4.69, 9.17) is 0 Å². The normalized spacial score (nSPS) is 18.1. The van der Waals surface area contributed by atoms with Crippen LogP contribution in [0.1, 0.15) is 15.9 Å². The van der Waals surface area contributed by atoms with E-state index >= 15 is 0 Å². The van der Waals surface area contributed by atoms with E-state index in [2.05, 4.69) is 4.18 Å². The van der Waals surface area contributed by atoms with Gasteiger partial charge in [0.1, 0.15) is 4.90 Å². The molecule has 16 heavy (non-hydrogen) atoms. The predicted molar refractivity (Wildman–Crippen MR) is 44.0 cm³/mol. The molecule has 4 nitrogen and oxygen atoms in total. The quantitative estimate of drug-likeness (QED) is 0.657. The Morgan fingerprint density at radius 2 is 1.81 bits per heavy atom. The molecular weight excluding hydrogens is 249 g/mol.